The number of benzene rings is 1. The van der Waals surface area contributed by atoms with Crippen molar-refractivity contribution in [2.75, 3.05) is 13.1 Å². The molecule has 2 aliphatic rings. The van der Waals surface area contributed by atoms with Crippen molar-refractivity contribution in [2.24, 2.45) is 5.41 Å². The van der Waals surface area contributed by atoms with Gasteiger partial charge in [-0.2, -0.15) is 0 Å². The van der Waals surface area contributed by atoms with Crippen molar-refractivity contribution in [2.45, 2.75) is 38.6 Å². The number of amides is 1. The largest absolute Gasteiger partial charge is 0.342 e. The third-order valence-electron chi connectivity index (χ3n) is 5.64. The maximum Gasteiger partial charge on any atom is 0.262 e. The van der Waals surface area contributed by atoms with Crippen LogP contribution in [0.25, 0.3) is 10.9 Å². The average Bonchev–Trinajstić information content (AvgIpc) is 3.00. The van der Waals surface area contributed by atoms with E-state index in [1.165, 1.54) is 23.8 Å². The van der Waals surface area contributed by atoms with E-state index in [4.69, 9.17) is 12.2 Å². The lowest BCUT2D eigenvalue weighted by atomic mass is 9.68. The Morgan fingerprint density at radius 2 is 2.04 bits per heavy atom. The SMILES string of the molecule is O=C(CCn1c(=S)[nH]c2ccccc2c1=O)N1CCC2(CCC2)C1. The minimum absolute atomic E-state index is 0.126. The van der Waals surface area contributed by atoms with Crippen LogP contribution in [0.5, 0.6) is 0 Å². The van der Waals surface area contributed by atoms with Gasteiger partial charge in [0.1, 0.15) is 0 Å². The number of fused-ring (bicyclic) bond motifs is 1. The molecule has 1 saturated carbocycles. The molecule has 1 saturated heterocycles. The predicted octanol–water partition coefficient (Wildman–Crippen LogP) is 2.85. The standard InChI is InChI=1S/C18H21N3O2S/c22-15(20-11-9-18(12-20)7-3-8-18)6-10-21-16(23)13-4-1-2-5-14(13)19-17(21)24/h1-2,4-5H,3,6-12H2,(H,19,24). The molecular weight excluding hydrogens is 322 g/mol. The zero-order valence-electron chi connectivity index (χ0n) is 13.6. The molecule has 1 N–H and O–H groups in total. The van der Waals surface area contributed by atoms with Gasteiger partial charge in [-0.25, -0.2) is 0 Å². The number of likely N-dealkylation sites (tertiary alicyclic amines) is 1. The molecule has 0 bridgehead atoms. The molecule has 2 heterocycles. The summed E-state index contributed by atoms with van der Waals surface area (Å²) in [6.07, 6.45) is 5.27. The normalized spacial score (nSPS) is 18.9. The van der Waals surface area contributed by atoms with Gasteiger partial charge >= 0.3 is 0 Å². The topological polar surface area (TPSA) is 58.1 Å². The van der Waals surface area contributed by atoms with Crippen LogP contribution in [0.15, 0.2) is 29.1 Å². The molecule has 24 heavy (non-hydrogen) atoms. The molecule has 0 atom stereocenters. The Labute approximate surface area is 145 Å². The van der Waals surface area contributed by atoms with Crippen LogP contribution < -0.4 is 5.56 Å². The Balaban J connectivity index is 1.50. The zero-order valence-corrected chi connectivity index (χ0v) is 14.4. The van der Waals surface area contributed by atoms with Gasteiger partial charge in [-0.1, -0.05) is 18.6 Å². The van der Waals surface area contributed by atoms with Crippen LogP contribution in [-0.2, 0) is 11.3 Å². The van der Waals surface area contributed by atoms with Crippen LogP contribution in [0, 0.1) is 10.2 Å². The fraction of sp³-hybridized carbons (Fsp3) is 0.500. The van der Waals surface area contributed by atoms with E-state index in [1.54, 1.807) is 6.07 Å². The first-order valence-electron chi connectivity index (χ1n) is 8.58. The van der Waals surface area contributed by atoms with Crippen LogP contribution in [0.3, 0.4) is 0 Å². The van der Waals surface area contributed by atoms with Gasteiger partial charge in [0.05, 0.1) is 10.9 Å². The Bertz CT molecular complexity index is 910. The molecule has 2 fully saturated rings. The molecule has 4 rings (SSSR count). The van der Waals surface area contributed by atoms with Gasteiger partial charge in [0.15, 0.2) is 4.77 Å². The first-order chi connectivity index (χ1) is 11.6. The number of para-hydroxylation sites is 1. The fourth-order valence-electron chi connectivity index (χ4n) is 4.00. The van der Waals surface area contributed by atoms with Crippen LogP contribution in [0.2, 0.25) is 0 Å². The Hall–Kier alpha value is -1.95. The summed E-state index contributed by atoms with van der Waals surface area (Å²) in [7, 11) is 0. The van der Waals surface area contributed by atoms with E-state index in [9.17, 15) is 9.59 Å². The number of H-pyrrole nitrogens is 1. The van der Waals surface area contributed by atoms with Gasteiger partial charge in [-0.3, -0.25) is 14.2 Å². The third kappa shape index (κ3) is 2.59. The quantitative estimate of drug-likeness (QED) is 0.872. The molecule has 1 aliphatic heterocycles. The number of nitrogens with one attached hydrogen (secondary N) is 1. The monoisotopic (exact) mass is 343 g/mol. The van der Waals surface area contributed by atoms with Crippen LogP contribution in [0.1, 0.15) is 32.1 Å². The smallest absolute Gasteiger partial charge is 0.262 e. The highest BCUT2D eigenvalue weighted by molar-refractivity contribution is 7.71. The van der Waals surface area contributed by atoms with E-state index in [1.807, 2.05) is 23.1 Å². The summed E-state index contributed by atoms with van der Waals surface area (Å²) in [5.41, 5.74) is 1.02. The van der Waals surface area contributed by atoms with E-state index < -0.39 is 0 Å². The molecule has 1 amide bonds. The summed E-state index contributed by atoms with van der Waals surface area (Å²) in [5.74, 6) is 0.133. The Kier molecular flexibility index (Phi) is 3.79. The minimum Gasteiger partial charge on any atom is -0.342 e. The molecule has 1 spiro atoms. The zero-order chi connectivity index (χ0) is 16.7. The molecule has 0 unspecified atom stereocenters. The molecule has 5 nitrogen and oxygen atoms in total. The molecular formula is C18H21N3O2S. The minimum atomic E-state index is -0.126. The maximum absolute atomic E-state index is 12.6. The number of aromatic nitrogens is 2. The van der Waals surface area contributed by atoms with Crippen molar-refractivity contribution in [3.63, 3.8) is 0 Å². The van der Waals surface area contributed by atoms with E-state index in [0.717, 1.165) is 25.0 Å². The van der Waals surface area contributed by atoms with Gasteiger partial charge < -0.3 is 9.88 Å². The molecule has 1 aromatic heterocycles. The Morgan fingerprint density at radius 1 is 1.25 bits per heavy atom. The van der Waals surface area contributed by atoms with Gasteiger partial charge in [-0.15, -0.1) is 0 Å². The van der Waals surface area contributed by atoms with Crippen molar-refractivity contribution in [1.82, 2.24) is 14.5 Å². The number of carbonyl (C=O) groups is 1. The van der Waals surface area contributed by atoms with Gasteiger partial charge in [0.2, 0.25) is 5.91 Å². The van der Waals surface area contributed by atoms with Crippen molar-refractivity contribution in [3.05, 3.63) is 39.4 Å². The van der Waals surface area contributed by atoms with Gasteiger partial charge in [0.25, 0.3) is 5.56 Å². The average molecular weight is 343 g/mol. The van der Waals surface area contributed by atoms with Crippen LogP contribution in [-0.4, -0.2) is 33.4 Å². The summed E-state index contributed by atoms with van der Waals surface area (Å²) in [5, 5.41) is 0.605. The molecule has 6 heteroatoms. The number of rotatable bonds is 3. The van der Waals surface area contributed by atoms with Crippen molar-refractivity contribution in [3.8, 4) is 0 Å². The molecule has 0 radical (unpaired) electrons. The fourth-order valence-corrected chi connectivity index (χ4v) is 4.28. The maximum atomic E-state index is 12.6. The summed E-state index contributed by atoms with van der Waals surface area (Å²) in [6, 6.07) is 7.31. The first kappa shape index (κ1) is 15.6. The first-order valence-corrected chi connectivity index (χ1v) is 8.99. The highest BCUT2D eigenvalue weighted by atomic mass is 32.1. The molecule has 1 aliphatic carbocycles. The van der Waals surface area contributed by atoms with E-state index in [0.29, 0.717) is 28.5 Å². The molecule has 2 aromatic rings. The lowest BCUT2D eigenvalue weighted by Crippen LogP contribution is -2.36. The lowest BCUT2D eigenvalue weighted by molar-refractivity contribution is -0.131. The molecule has 1 aromatic carbocycles. The third-order valence-corrected chi connectivity index (χ3v) is 5.97. The van der Waals surface area contributed by atoms with Crippen molar-refractivity contribution >= 4 is 29.0 Å². The van der Waals surface area contributed by atoms with Crippen LogP contribution in [0.4, 0.5) is 0 Å². The van der Waals surface area contributed by atoms with E-state index in [2.05, 4.69) is 4.98 Å². The second-order valence-corrected chi connectivity index (χ2v) is 7.49. The second-order valence-electron chi connectivity index (χ2n) is 7.10. The summed E-state index contributed by atoms with van der Waals surface area (Å²) in [4.78, 5) is 30.1. The predicted molar refractivity (Wildman–Crippen MR) is 95.5 cm³/mol. The van der Waals surface area contributed by atoms with E-state index >= 15 is 0 Å². The number of hydrogen-bond donors (Lipinski definition) is 1. The van der Waals surface area contributed by atoms with E-state index in [-0.39, 0.29) is 11.5 Å². The van der Waals surface area contributed by atoms with Crippen molar-refractivity contribution in [1.29, 1.82) is 0 Å². The number of carbonyl (C=O) groups excluding carboxylic acids is 1. The summed E-state index contributed by atoms with van der Waals surface area (Å²) >= 11 is 5.30. The Morgan fingerprint density at radius 3 is 2.75 bits per heavy atom. The van der Waals surface area contributed by atoms with Crippen molar-refractivity contribution < 1.29 is 4.79 Å². The number of hydrogen-bond acceptors (Lipinski definition) is 3. The number of nitrogens with zero attached hydrogens (tertiary/aromatic N) is 2. The highest BCUT2D eigenvalue weighted by Gasteiger charge is 2.43. The second kappa shape index (κ2) is 5.84. The number of aromatic amines is 1. The van der Waals surface area contributed by atoms with Gasteiger partial charge in [0, 0.05) is 26.1 Å². The lowest BCUT2D eigenvalue weighted by Gasteiger charge is -2.37. The van der Waals surface area contributed by atoms with Crippen LogP contribution >= 0.6 is 12.2 Å². The highest BCUT2D eigenvalue weighted by Crippen LogP contribution is 2.47. The van der Waals surface area contributed by atoms with Gasteiger partial charge in [-0.05, 0) is 49.0 Å². The summed E-state index contributed by atoms with van der Waals surface area (Å²) in [6.45, 7) is 2.09. The summed E-state index contributed by atoms with van der Waals surface area (Å²) < 4.78 is 1.88. The molecule has 126 valence electrons.